The fourth-order valence-corrected chi connectivity index (χ4v) is 3.59. The molecule has 0 unspecified atom stereocenters. The van der Waals surface area contributed by atoms with E-state index in [-0.39, 0.29) is 30.2 Å². The number of carbonyl (C=O) groups is 3. The standard InChI is InChI=1S/C27H28N4O3/c1-18-23(12-7-13-24(18)30-26(33)19-14-15-19)29-25(32)17-28-21-9-6-8-20(16-21)27(34)31(2)22-10-4-3-5-11-22/h3-13,16,19,28H,14-15,17H2,1-2H3,(H,29,32)(H,30,33). The molecular formula is C27H28N4O3. The van der Waals surface area contributed by atoms with Gasteiger partial charge in [0.15, 0.2) is 0 Å². The second-order valence-electron chi connectivity index (χ2n) is 8.42. The van der Waals surface area contributed by atoms with Crippen LogP contribution in [0.2, 0.25) is 0 Å². The molecule has 3 N–H and O–H groups in total. The maximum absolute atomic E-state index is 12.9. The summed E-state index contributed by atoms with van der Waals surface area (Å²) in [7, 11) is 1.73. The summed E-state index contributed by atoms with van der Waals surface area (Å²) in [6, 6.07) is 21.9. The highest BCUT2D eigenvalue weighted by molar-refractivity contribution is 6.06. The fourth-order valence-electron chi connectivity index (χ4n) is 3.59. The average molecular weight is 457 g/mol. The molecule has 34 heavy (non-hydrogen) atoms. The molecule has 3 aromatic carbocycles. The van der Waals surface area contributed by atoms with Gasteiger partial charge in [0.1, 0.15) is 0 Å². The second-order valence-corrected chi connectivity index (χ2v) is 8.42. The van der Waals surface area contributed by atoms with Crippen LogP contribution in [0.1, 0.15) is 28.8 Å². The van der Waals surface area contributed by atoms with E-state index < -0.39 is 0 Å². The number of anilines is 4. The Morgan fingerprint density at radius 1 is 0.882 bits per heavy atom. The molecule has 1 fully saturated rings. The van der Waals surface area contributed by atoms with E-state index >= 15 is 0 Å². The summed E-state index contributed by atoms with van der Waals surface area (Å²) in [5.74, 6) is -0.232. The van der Waals surface area contributed by atoms with Gasteiger partial charge in [0.05, 0.1) is 6.54 Å². The SMILES string of the molecule is Cc1c(NC(=O)CNc2cccc(C(=O)N(C)c3ccccc3)c2)cccc1NC(=O)C1CC1. The molecule has 3 amide bonds. The summed E-state index contributed by atoms with van der Waals surface area (Å²) in [5.41, 5.74) is 4.15. The molecule has 0 atom stereocenters. The van der Waals surface area contributed by atoms with Crippen molar-refractivity contribution in [3.05, 3.63) is 83.9 Å². The van der Waals surface area contributed by atoms with Gasteiger partial charge in [-0.05, 0) is 67.8 Å². The summed E-state index contributed by atoms with van der Waals surface area (Å²) in [6.07, 6.45) is 1.87. The molecule has 0 saturated heterocycles. The van der Waals surface area contributed by atoms with Crippen molar-refractivity contribution in [2.45, 2.75) is 19.8 Å². The van der Waals surface area contributed by atoms with E-state index in [1.165, 1.54) is 0 Å². The van der Waals surface area contributed by atoms with Crippen LogP contribution in [0.3, 0.4) is 0 Å². The first-order chi connectivity index (χ1) is 16.4. The molecule has 1 saturated carbocycles. The topological polar surface area (TPSA) is 90.5 Å². The average Bonchev–Trinajstić information content (AvgIpc) is 3.71. The van der Waals surface area contributed by atoms with Crippen LogP contribution in [-0.2, 0) is 9.59 Å². The zero-order valence-corrected chi connectivity index (χ0v) is 19.3. The Morgan fingerprint density at radius 3 is 2.26 bits per heavy atom. The number of nitrogens with one attached hydrogen (secondary N) is 3. The molecule has 7 heteroatoms. The zero-order valence-electron chi connectivity index (χ0n) is 19.3. The van der Waals surface area contributed by atoms with E-state index in [9.17, 15) is 14.4 Å². The van der Waals surface area contributed by atoms with Crippen LogP contribution < -0.4 is 20.9 Å². The van der Waals surface area contributed by atoms with Crippen molar-refractivity contribution in [1.82, 2.24) is 0 Å². The van der Waals surface area contributed by atoms with Crippen LogP contribution in [0.15, 0.2) is 72.8 Å². The van der Waals surface area contributed by atoms with Gasteiger partial charge in [-0.2, -0.15) is 0 Å². The number of nitrogens with zero attached hydrogens (tertiary/aromatic N) is 1. The van der Waals surface area contributed by atoms with Crippen LogP contribution >= 0.6 is 0 Å². The molecule has 0 heterocycles. The first kappa shape index (κ1) is 23.0. The van der Waals surface area contributed by atoms with E-state index in [2.05, 4.69) is 16.0 Å². The minimum Gasteiger partial charge on any atom is -0.376 e. The largest absolute Gasteiger partial charge is 0.376 e. The Morgan fingerprint density at radius 2 is 1.56 bits per heavy atom. The van der Waals surface area contributed by atoms with Crippen molar-refractivity contribution in [3.8, 4) is 0 Å². The smallest absolute Gasteiger partial charge is 0.258 e. The molecule has 1 aliphatic rings. The maximum Gasteiger partial charge on any atom is 0.258 e. The van der Waals surface area contributed by atoms with Crippen LogP contribution in [0.4, 0.5) is 22.7 Å². The normalized spacial score (nSPS) is 12.5. The molecule has 3 aromatic rings. The first-order valence-electron chi connectivity index (χ1n) is 11.3. The van der Waals surface area contributed by atoms with Crippen LogP contribution in [0.25, 0.3) is 0 Å². The van der Waals surface area contributed by atoms with Gasteiger partial charge in [0.25, 0.3) is 5.91 Å². The quantitative estimate of drug-likeness (QED) is 0.459. The number of amides is 3. The molecule has 1 aliphatic carbocycles. The Hall–Kier alpha value is -4.13. The van der Waals surface area contributed by atoms with Gasteiger partial charge in [-0.25, -0.2) is 0 Å². The van der Waals surface area contributed by atoms with Crippen molar-refractivity contribution in [3.63, 3.8) is 0 Å². The minimum atomic E-state index is -0.230. The highest BCUT2D eigenvalue weighted by Gasteiger charge is 2.29. The number of rotatable bonds is 8. The summed E-state index contributed by atoms with van der Waals surface area (Å²) >= 11 is 0. The lowest BCUT2D eigenvalue weighted by molar-refractivity contribution is -0.117. The maximum atomic E-state index is 12.9. The lowest BCUT2D eigenvalue weighted by Gasteiger charge is -2.18. The number of para-hydroxylation sites is 1. The van der Waals surface area contributed by atoms with Crippen molar-refractivity contribution in [2.24, 2.45) is 5.92 Å². The van der Waals surface area contributed by atoms with Gasteiger partial charge in [-0.1, -0.05) is 30.3 Å². The number of benzene rings is 3. The highest BCUT2D eigenvalue weighted by Crippen LogP contribution is 2.31. The molecule has 0 aliphatic heterocycles. The number of hydrogen-bond acceptors (Lipinski definition) is 4. The van der Waals surface area contributed by atoms with Gasteiger partial charge in [-0.15, -0.1) is 0 Å². The molecule has 0 bridgehead atoms. The first-order valence-corrected chi connectivity index (χ1v) is 11.3. The molecule has 0 spiro atoms. The predicted octanol–water partition coefficient (Wildman–Crippen LogP) is 4.67. The van der Waals surface area contributed by atoms with Crippen molar-refractivity contribution in [2.75, 3.05) is 34.4 Å². The Bertz CT molecular complexity index is 1210. The summed E-state index contributed by atoms with van der Waals surface area (Å²) < 4.78 is 0. The minimum absolute atomic E-state index is 0.0283. The Labute approximate surface area is 199 Å². The summed E-state index contributed by atoms with van der Waals surface area (Å²) in [4.78, 5) is 39.1. The van der Waals surface area contributed by atoms with E-state index in [0.717, 1.165) is 24.1 Å². The van der Waals surface area contributed by atoms with Crippen LogP contribution in [0, 0.1) is 12.8 Å². The third-order valence-corrected chi connectivity index (χ3v) is 5.82. The van der Waals surface area contributed by atoms with E-state index in [0.29, 0.717) is 22.6 Å². The van der Waals surface area contributed by atoms with Crippen molar-refractivity contribution >= 4 is 40.5 Å². The van der Waals surface area contributed by atoms with Crippen molar-refractivity contribution < 1.29 is 14.4 Å². The monoisotopic (exact) mass is 456 g/mol. The number of carbonyl (C=O) groups excluding carboxylic acids is 3. The third kappa shape index (κ3) is 5.61. The number of hydrogen-bond donors (Lipinski definition) is 3. The highest BCUT2D eigenvalue weighted by atomic mass is 16.2. The van der Waals surface area contributed by atoms with Gasteiger partial charge in [0.2, 0.25) is 11.8 Å². The lowest BCUT2D eigenvalue weighted by Crippen LogP contribution is -2.26. The molecule has 0 aromatic heterocycles. The van der Waals surface area contributed by atoms with E-state index in [1.807, 2.05) is 49.4 Å². The van der Waals surface area contributed by atoms with Crippen LogP contribution in [-0.4, -0.2) is 31.3 Å². The zero-order chi connectivity index (χ0) is 24.1. The molecule has 4 rings (SSSR count). The van der Waals surface area contributed by atoms with Crippen LogP contribution in [0.5, 0.6) is 0 Å². The second kappa shape index (κ2) is 10.2. The molecular weight excluding hydrogens is 428 g/mol. The van der Waals surface area contributed by atoms with Gasteiger partial charge in [0, 0.05) is 41.3 Å². The van der Waals surface area contributed by atoms with E-state index in [1.54, 1.807) is 42.3 Å². The molecule has 0 radical (unpaired) electrons. The van der Waals surface area contributed by atoms with Gasteiger partial charge in [-0.3, -0.25) is 14.4 Å². The third-order valence-electron chi connectivity index (χ3n) is 5.82. The van der Waals surface area contributed by atoms with Crippen molar-refractivity contribution in [1.29, 1.82) is 0 Å². The fraction of sp³-hybridized carbons (Fsp3) is 0.222. The summed E-state index contributed by atoms with van der Waals surface area (Å²) in [5, 5.41) is 8.90. The molecule has 7 nitrogen and oxygen atoms in total. The van der Waals surface area contributed by atoms with Gasteiger partial charge < -0.3 is 20.9 Å². The lowest BCUT2D eigenvalue weighted by atomic mass is 10.1. The Balaban J connectivity index is 1.35. The predicted molar refractivity (Wildman–Crippen MR) is 135 cm³/mol. The summed E-state index contributed by atoms with van der Waals surface area (Å²) in [6.45, 7) is 1.90. The van der Waals surface area contributed by atoms with Gasteiger partial charge >= 0.3 is 0 Å². The Kier molecular flexibility index (Phi) is 6.92. The molecule has 174 valence electrons. The van der Waals surface area contributed by atoms with E-state index in [4.69, 9.17) is 0 Å².